The van der Waals surface area contributed by atoms with Gasteiger partial charge in [0.25, 0.3) is 0 Å². The Balaban J connectivity index is 0.719. The summed E-state index contributed by atoms with van der Waals surface area (Å²) in [7, 11) is 0. The minimum atomic E-state index is -0.733. The monoisotopic (exact) mass is 1580 g/mol. The molecule has 0 heterocycles. The van der Waals surface area contributed by atoms with E-state index in [1.165, 1.54) is 195 Å². The number of fused-ring (bicyclic) bond motifs is 33. The Labute approximate surface area is 727 Å². The summed E-state index contributed by atoms with van der Waals surface area (Å²) >= 11 is 0. The number of para-hydroxylation sites is 2. The third-order valence-corrected chi connectivity index (χ3v) is 29.4. The Morgan fingerprint density at radius 2 is 0.468 bits per heavy atom. The Morgan fingerprint density at radius 1 is 0.177 bits per heavy atom. The lowest BCUT2D eigenvalue weighted by molar-refractivity contribution is 0.587. The summed E-state index contributed by atoms with van der Waals surface area (Å²) < 4.78 is 0. The molecule has 0 fully saturated rings. The van der Waals surface area contributed by atoms with Crippen LogP contribution in [0.15, 0.2) is 400 Å². The molecule has 0 radical (unpaired) electrons. The molecule has 2 unspecified atom stereocenters. The summed E-state index contributed by atoms with van der Waals surface area (Å²) in [6, 6.07) is 155. The van der Waals surface area contributed by atoms with Crippen LogP contribution in [0, 0.1) is 0 Å². The molecule has 124 heavy (non-hydrogen) atoms. The molecule has 0 saturated heterocycles. The molecule has 0 N–H and O–H groups in total. The zero-order valence-electron chi connectivity index (χ0n) is 71.0. The second-order valence-corrected chi connectivity index (χ2v) is 37.9. The Hall–Kier alpha value is -14.4. The van der Waals surface area contributed by atoms with Gasteiger partial charge in [-0.2, -0.15) is 0 Å². The molecule has 0 saturated carbocycles. The smallest absolute Gasteiger partial charge is 0.0726 e. The maximum atomic E-state index is 2.70. The predicted octanol–water partition coefficient (Wildman–Crippen LogP) is 31.6. The van der Waals surface area contributed by atoms with Gasteiger partial charge in [0.15, 0.2) is 0 Å². The van der Waals surface area contributed by atoms with E-state index in [0.29, 0.717) is 0 Å². The van der Waals surface area contributed by atoms with Gasteiger partial charge in [-0.1, -0.05) is 407 Å². The Kier molecular flexibility index (Phi) is 15.2. The van der Waals surface area contributed by atoms with E-state index >= 15 is 0 Å². The molecule has 3 spiro atoms. The summed E-state index contributed by atoms with van der Waals surface area (Å²) in [5.41, 5.74) is 50.0. The first-order valence-electron chi connectivity index (χ1n) is 44.2. The fraction of sp³-hybridized carbons (Fsp3) is 0.115. The van der Waals surface area contributed by atoms with Crippen molar-refractivity contribution >= 4 is 34.1 Å². The first kappa shape index (κ1) is 72.4. The van der Waals surface area contributed by atoms with E-state index in [0.717, 1.165) is 39.6 Å². The van der Waals surface area contributed by atoms with Crippen molar-refractivity contribution in [2.45, 2.75) is 87.9 Å². The van der Waals surface area contributed by atoms with Gasteiger partial charge in [-0.25, -0.2) is 0 Å². The average molecular weight is 1580 g/mol. The molecule has 2 atom stereocenters. The van der Waals surface area contributed by atoms with E-state index in [1.54, 1.807) is 0 Å². The number of anilines is 6. The van der Waals surface area contributed by atoms with Gasteiger partial charge in [-0.3, -0.25) is 0 Å². The molecule has 7 aliphatic carbocycles. The lowest BCUT2D eigenvalue weighted by Gasteiger charge is -2.35. The lowest BCUT2D eigenvalue weighted by Crippen LogP contribution is -2.27. The molecule has 0 amide bonds. The summed E-state index contributed by atoms with van der Waals surface area (Å²) in [5, 5.41) is 0. The topological polar surface area (TPSA) is 6.48 Å². The van der Waals surface area contributed by atoms with Crippen LogP contribution in [0.25, 0.3) is 111 Å². The summed E-state index contributed by atoms with van der Waals surface area (Å²) in [6.07, 6.45) is 0. The van der Waals surface area contributed by atoms with E-state index in [-0.39, 0.29) is 16.2 Å². The van der Waals surface area contributed by atoms with E-state index in [1.807, 2.05) is 0 Å². The predicted molar refractivity (Wildman–Crippen MR) is 516 cm³/mol. The lowest BCUT2D eigenvalue weighted by atomic mass is 9.68. The molecule has 2 nitrogen and oxygen atoms in total. The van der Waals surface area contributed by atoms with Crippen LogP contribution >= 0.6 is 0 Å². The normalized spacial score (nSPS) is 16.3. The second kappa shape index (κ2) is 26.1. The first-order chi connectivity index (χ1) is 60.6. The van der Waals surface area contributed by atoms with Gasteiger partial charge in [-0.05, 0) is 226 Å². The highest BCUT2D eigenvalue weighted by molar-refractivity contribution is 6.10. The molecular formula is C122H90N2. The maximum absolute atomic E-state index is 2.70. The van der Waals surface area contributed by atoms with Crippen LogP contribution in [0.2, 0.25) is 0 Å². The molecular weight excluding hydrogens is 1490 g/mol. The molecule has 588 valence electrons. The van der Waals surface area contributed by atoms with Gasteiger partial charge in [0.05, 0.1) is 50.4 Å². The molecule has 2 heteroatoms. The standard InChI is InChI=1S/C122H90N2/c1-117(2,3)78-68-70-85-91-73-90(103(118(4,5)6)74-106(91)122(105(85)72-78)98-56-30-21-49-89(98)116-102(122)60-36-66-112(116)123(107-61-31-22-41-79(107)75-37-11-9-12-38-75)109-63-33-57-99-113(109)86-46-18-24-50-92(86)119(99,7)8)77-67-69-84-83-45-17-27-53-95(83)121(104(84)71-77)97-55-29-20-48-88(97)115-101(121)59-35-65-111(115)124(108-62-32-23-42-80(108)76-39-13-10-14-40-76)110-64-34-58-100-114(110)87-47-19-28-54-96(87)120(100)93-51-25-15-43-81(93)82-44-16-26-52-94(82)120/h9-74H,1-8H3. The molecule has 7 aliphatic rings. The first-order valence-corrected chi connectivity index (χ1v) is 44.2. The van der Waals surface area contributed by atoms with E-state index < -0.39 is 16.2 Å². The van der Waals surface area contributed by atoms with Gasteiger partial charge in [0.1, 0.15) is 0 Å². The molecule has 18 aromatic rings. The number of benzene rings is 18. The molecule has 0 bridgehead atoms. The van der Waals surface area contributed by atoms with Crippen LogP contribution in [0.5, 0.6) is 0 Å². The minimum absolute atomic E-state index is 0.153. The quantitative estimate of drug-likeness (QED) is 0.142. The zero-order valence-corrected chi connectivity index (χ0v) is 71.0. The third-order valence-electron chi connectivity index (χ3n) is 29.4. The molecule has 0 aromatic heterocycles. The zero-order chi connectivity index (χ0) is 83.1. The highest BCUT2D eigenvalue weighted by atomic mass is 15.2. The highest BCUT2D eigenvalue weighted by Crippen LogP contribution is 2.71. The van der Waals surface area contributed by atoms with Gasteiger partial charge in [-0.15, -0.1) is 0 Å². The van der Waals surface area contributed by atoms with Crippen molar-refractivity contribution in [1.29, 1.82) is 0 Å². The van der Waals surface area contributed by atoms with Crippen molar-refractivity contribution in [2.75, 3.05) is 9.80 Å². The third kappa shape index (κ3) is 9.50. The number of nitrogens with zero attached hydrogens (tertiary/aromatic N) is 2. The number of rotatable bonds is 9. The fourth-order valence-electron chi connectivity index (χ4n) is 24.4. The number of hydrogen-bond donors (Lipinski definition) is 0. The van der Waals surface area contributed by atoms with Crippen LogP contribution in [0.4, 0.5) is 34.1 Å². The molecule has 25 rings (SSSR count). The average Bonchev–Trinajstić information content (AvgIpc) is 1.50. The van der Waals surface area contributed by atoms with Crippen molar-refractivity contribution in [1.82, 2.24) is 0 Å². The van der Waals surface area contributed by atoms with Gasteiger partial charge in [0, 0.05) is 38.8 Å². The summed E-state index contributed by atoms with van der Waals surface area (Å²) in [4.78, 5) is 5.32. The fourth-order valence-corrected chi connectivity index (χ4v) is 24.4. The van der Waals surface area contributed by atoms with Crippen LogP contribution in [0.3, 0.4) is 0 Å². The Bertz CT molecular complexity index is 7580. The summed E-state index contributed by atoms with van der Waals surface area (Å²) in [5.74, 6) is 0. The second-order valence-electron chi connectivity index (χ2n) is 37.9. The van der Waals surface area contributed by atoms with E-state index in [9.17, 15) is 0 Å². The minimum Gasteiger partial charge on any atom is -0.309 e. The van der Waals surface area contributed by atoms with Crippen LogP contribution in [-0.4, -0.2) is 0 Å². The molecule has 0 aliphatic heterocycles. The van der Waals surface area contributed by atoms with Crippen LogP contribution in [0.1, 0.15) is 144 Å². The van der Waals surface area contributed by atoms with E-state index in [4.69, 9.17) is 0 Å². The highest BCUT2D eigenvalue weighted by Gasteiger charge is 2.58. The van der Waals surface area contributed by atoms with Crippen molar-refractivity contribution in [3.63, 3.8) is 0 Å². The SMILES string of the molecule is CC(C)(C)c1ccc2c(c1)C1(c3cc(C(C)(C)C)c(-c4ccc5c(c4)C4(c6ccccc6-5)c5ccccc5-c5c(N(c6ccccc6-c6ccccc6)c6cccc7c6-c6ccccc6C76c7ccccc7-c7ccccc76)cccc54)cc3-2)c2ccccc2-c2c(N(c3ccccc3-c3ccccc3)c3cccc4c3-c3ccccc3C4(C)C)cccc21. The van der Waals surface area contributed by atoms with Gasteiger partial charge >= 0.3 is 0 Å². The van der Waals surface area contributed by atoms with Gasteiger partial charge in [0.2, 0.25) is 0 Å². The van der Waals surface area contributed by atoms with E-state index in [2.05, 4.69) is 466 Å². The van der Waals surface area contributed by atoms with Crippen molar-refractivity contribution in [2.24, 2.45) is 0 Å². The largest absolute Gasteiger partial charge is 0.309 e. The van der Waals surface area contributed by atoms with Crippen molar-refractivity contribution in [3.05, 3.63) is 489 Å². The maximum Gasteiger partial charge on any atom is 0.0726 e. The number of hydrogen-bond acceptors (Lipinski definition) is 2. The van der Waals surface area contributed by atoms with Gasteiger partial charge < -0.3 is 9.80 Å². The van der Waals surface area contributed by atoms with Crippen molar-refractivity contribution in [3.8, 4) is 111 Å². The Morgan fingerprint density at radius 3 is 0.895 bits per heavy atom. The van der Waals surface area contributed by atoms with Crippen LogP contribution in [-0.2, 0) is 32.5 Å². The van der Waals surface area contributed by atoms with Crippen molar-refractivity contribution < 1.29 is 0 Å². The van der Waals surface area contributed by atoms with Crippen LogP contribution < -0.4 is 9.80 Å². The molecule has 18 aromatic carbocycles. The summed E-state index contributed by atoms with van der Waals surface area (Å²) in [6.45, 7) is 19.3.